The van der Waals surface area contributed by atoms with Gasteiger partial charge in [0.05, 0.1) is 14.2 Å². The molecule has 0 aromatic heterocycles. The summed E-state index contributed by atoms with van der Waals surface area (Å²) in [4.78, 5) is 0. The molecule has 2 aromatic rings. The van der Waals surface area contributed by atoms with Crippen molar-refractivity contribution in [3.8, 4) is 11.5 Å². The number of para-hydroxylation sites is 2. The summed E-state index contributed by atoms with van der Waals surface area (Å²) in [5.41, 5.74) is 2.31. The van der Waals surface area contributed by atoms with Gasteiger partial charge in [-0.25, -0.2) is 0 Å². The van der Waals surface area contributed by atoms with Crippen molar-refractivity contribution < 1.29 is 9.47 Å². The lowest BCUT2D eigenvalue weighted by molar-refractivity contribution is 0.386. The van der Waals surface area contributed by atoms with Gasteiger partial charge in [-0.1, -0.05) is 36.4 Å². The zero-order valence-electron chi connectivity index (χ0n) is 13.5. The van der Waals surface area contributed by atoms with Gasteiger partial charge >= 0.3 is 0 Å². The van der Waals surface area contributed by atoms with E-state index in [0.29, 0.717) is 0 Å². The molecule has 2 atom stereocenters. The molecule has 0 saturated heterocycles. The van der Waals surface area contributed by atoms with Gasteiger partial charge < -0.3 is 14.8 Å². The first kappa shape index (κ1) is 18.3. The molecule has 0 heterocycles. The van der Waals surface area contributed by atoms with Crippen LogP contribution in [0, 0.1) is 0 Å². The van der Waals surface area contributed by atoms with Crippen LogP contribution in [0.5, 0.6) is 11.5 Å². The summed E-state index contributed by atoms with van der Waals surface area (Å²) in [5.74, 6) is 1.81. The Bertz CT molecular complexity index is 537. The van der Waals surface area contributed by atoms with Gasteiger partial charge in [0.25, 0.3) is 0 Å². The summed E-state index contributed by atoms with van der Waals surface area (Å²) < 4.78 is 10.9. The largest absolute Gasteiger partial charge is 0.496 e. The number of benzene rings is 2. The molecule has 0 aliphatic rings. The van der Waals surface area contributed by atoms with E-state index in [1.807, 2.05) is 36.4 Å². The summed E-state index contributed by atoms with van der Waals surface area (Å²) in [7, 11) is 3.41. The minimum atomic E-state index is 0. The molecule has 4 heteroatoms. The van der Waals surface area contributed by atoms with Crippen molar-refractivity contribution in [2.45, 2.75) is 25.9 Å². The summed E-state index contributed by atoms with van der Waals surface area (Å²) in [5, 5.41) is 3.60. The Labute approximate surface area is 139 Å². The molecule has 1 N–H and O–H groups in total. The van der Waals surface area contributed by atoms with Crippen LogP contribution in [0.2, 0.25) is 0 Å². The predicted octanol–water partition coefficient (Wildman–Crippen LogP) is 4.54. The van der Waals surface area contributed by atoms with Crippen molar-refractivity contribution in [1.29, 1.82) is 0 Å². The standard InChI is InChI=1S/C18H23NO2.ClH/c1-13(15-9-5-7-11-17(15)20-3)19-14(2)16-10-6-8-12-18(16)21-4;/h5-14,19H,1-4H3;1H/t13-,14-;/m1./s1. The maximum atomic E-state index is 5.43. The molecule has 3 nitrogen and oxygen atoms in total. The van der Waals surface area contributed by atoms with Gasteiger partial charge in [0.1, 0.15) is 11.5 Å². The van der Waals surface area contributed by atoms with E-state index >= 15 is 0 Å². The number of nitrogens with one attached hydrogen (secondary N) is 1. The molecule has 22 heavy (non-hydrogen) atoms. The van der Waals surface area contributed by atoms with Crippen LogP contribution in [-0.2, 0) is 0 Å². The molecule has 0 radical (unpaired) electrons. The van der Waals surface area contributed by atoms with E-state index in [0.717, 1.165) is 22.6 Å². The summed E-state index contributed by atoms with van der Waals surface area (Å²) in [6.07, 6.45) is 0. The van der Waals surface area contributed by atoms with Gasteiger partial charge in [0.2, 0.25) is 0 Å². The average Bonchev–Trinajstić information content (AvgIpc) is 2.54. The molecular weight excluding hydrogens is 298 g/mol. The van der Waals surface area contributed by atoms with E-state index in [1.165, 1.54) is 0 Å². The fraction of sp³-hybridized carbons (Fsp3) is 0.333. The lowest BCUT2D eigenvalue weighted by atomic mass is 10.0. The van der Waals surface area contributed by atoms with Crippen molar-refractivity contribution in [3.63, 3.8) is 0 Å². The number of halogens is 1. The topological polar surface area (TPSA) is 30.5 Å². The smallest absolute Gasteiger partial charge is 0.123 e. The van der Waals surface area contributed by atoms with E-state index < -0.39 is 0 Å². The van der Waals surface area contributed by atoms with Crippen LogP contribution in [0.15, 0.2) is 48.5 Å². The molecule has 0 saturated carbocycles. The van der Waals surface area contributed by atoms with Crippen LogP contribution in [-0.4, -0.2) is 14.2 Å². The SMILES string of the molecule is COc1ccccc1[C@@H](C)N[C@H](C)c1ccccc1OC.Cl. The minimum absolute atomic E-state index is 0. The van der Waals surface area contributed by atoms with Crippen LogP contribution in [0.25, 0.3) is 0 Å². The van der Waals surface area contributed by atoms with Crippen LogP contribution in [0.3, 0.4) is 0 Å². The molecule has 0 fully saturated rings. The minimum Gasteiger partial charge on any atom is -0.496 e. The first-order valence-electron chi connectivity index (χ1n) is 7.19. The Hall–Kier alpha value is -1.71. The van der Waals surface area contributed by atoms with Crippen LogP contribution < -0.4 is 14.8 Å². The maximum absolute atomic E-state index is 5.43. The molecular formula is C18H24ClNO2. The highest BCUT2D eigenvalue weighted by molar-refractivity contribution is 5.85. The van der Waals surface area contributed by atoms with Gasteiger partial charge in [-0.3, -0.25) is 0 Å². The number of methoxy groups -OCH3 is 2. The third-order valence-corrected chi connectivity index (χ3v) is 3.71. The molecule has 0 bridgehead atoms. The monoisotopic (exact) mass is 321 g/mol. The molecule has 2 rings (SSSR count). The summed E-state index contributed by atoms with van der Waals surface area (Å²) in [6, 6.07) is 16.5. The van der Waals surface area contributed by atoms with E-state index in [-0.39, 0.29) is 24.5 Å². The van der Waals surface area contributed by atoms with Crippen molar-refractivity contribution in [2.24, 2.45) is 0 Å². The Morgan fingerprint density at radius 3 is 1.45 bits per heavy atom. The summed E-state index contributed by atoms with van der Waals surface area (Å²) >= 11 is 0. The zero-order chi connectivity index (χ0) is 15.2. The molecule has 0 amide bonds. The van der Waals surface area contributed by atoms with E-state index in [4.69, 9.17) is 9.47 Å². The highest BCUT2D eigenvalue weighted by Gasteiger charge is 2.16. The normalized spacial score (nSPS) is 12.9. The van der Waals surface area contributed by atoms with Crippen LogP contribution >= 0.6 is 12.4 Å². The molecule has 0 spiro atoms. The fourth-order valence-electron chi connectivity index (χ4n) is 2.60. The van der Waals surface area contributed by atoms with Crippen molar-refractivity contribution in [1.82, 2.24) is 5.32 Å². The lowest BCUT2D eigenvalue weighted by Crippen LogP contribution is -2.23. The molecule has 0 unspecified atom stereocenters. The zero-order valence-corrected chi connectivity index (χ0v) is 14.3. The Morgan fingerprint density at radius 1 is 0.727 bits per heavy atom. The van der Waals surface area contributed by atoms with Gasteiger partial charge in [-0.05, 0) is 26.0 Å². The van der Waals surface area contributed by atoms with Gasteiger partial charge in [0, 0.05) is 23.2 Å². The second kappa shape index (κ2) is 8.66. The number of rotatable bonds is 6. The maximum Gasteiger partial charge on any atom is 0.123 e. The van der Waals surface area contributed by atoms with Gasteiger partial charge in [-0.15, -0.1) is 12.4 Å². The van der Waals surface area contributed by atoms with Crippen LogP contribution in [0.4, 0.5) is 0 Å². The third-order valence-electron chi connectivity index (χ3n) is 3.71. The highest BCUT2D eigenvalue weighted by atomic mass is 35.5. The van der Waals surface area contributed by atoms with E-state index in [1.54, 1.807) is 14.2 Å². The molecule has 0 aliphatic carbocycles. The number of hydrogen-bond acceptors (Lipinski definition) is 3. The molecule has 120 valence electrons. The predicted molar refractivity (Wildman–Crippen MR) is 93.2 cm³/mol. The van der Waals surface area contributed by atoms with Gasteiger partial charge in [-0.2, -0.15) is 0 Å². The second-order valence-electron chi connectivity index (χ2n) is 5.09. The van der Waals surface area contributed by atoms with Crippen molar-refractivity contribution in [3.05, 3.63) is 59.7 Å². The van der Waals surface area contributed by atoms with E-state index in [2.05, 4.69) is 31.3 Å². The van der Waals surface area contributed by atoms with Crippen LogP contribution in [0.1, 0.15) is 37.1 Å². The molecule has 0 aliphatic heterocycles. The Balaban J connectivity index is 0.00000242. The summed E-state index contributed by atoms with van der Waals surface area (Å²) in [6.45, 7) is 4.29. The number of ether oxygens (including phenoxy) is 2. The lowest BCUT2D eigenvalue weighted by Gasteiger charge is -2.23. The first-order chi connectivity index (χ1) is 10.2. The fourth-order valence-corrected chi connectivity index (χ4v) is 2.60. The van der Waals surface area contributed by atoms with Crippen molar-refractivity contribution in [2.75, 3.05) is 14.2 Å². The third kappa shape index (κ3) is 4.15. The van der Waals surface area contributed by atoms with Crippen molar-refractivity contribution >= 4 is 12.4 Å². The highest BCUT2D eigenvalue weighted by Crippen LogP contribution is 2.29. The quantitative estimate of drug-likeness (QED) is 0.847. The van der Waals surface area contributed by atoms with E-state index in [9.17, 15) is 0 Å². The first-order valence-corrected chi connectivity index (χ1v) is 7.19. The van der Waals surface area contributed by atoms with Gasteiger partial charge in [0.15, 0.2) is 0 Å². The Kier molecular flexibility index (Phi) is 7.22. The molecule has 2 aromatic carbocycles. The number of hydrogen-bond donors (Lipinski definition) is 1. The Morgan fingerprint density at radius 2 is 1.09 bits per heavy atom. The second-order valence-corrected chi connectivity index (χ2v) is 5.09. The average molecular weight is 322 g/mol.